The van der Waals surface area contributed by atoms with Crippen molar-refractivity contribution < 1.29 is 9.53 Å². The zero-order valence-corrected chi connectivity index (χ0v) is 22.8. The zero-order valence-electron chi connectivity index (χ0n) is 22.8. The van der Waals surface area contributed by atoms with Gasteiger partial charge in [-0.15, -0.1) is 0 Å². The number of methoxy groups -OCH3 is 1. The van der Waals surface area contributed by atoms with Crippen LogP contribution in [-0.4, -0.2) is 27.6 Å². The smallest absolute Gasteiger partial charge is 0.257 e. The number of hydrogen-bond donors (Lipinski definition) is 2. The van der Waals surface area contributed by atoms with Gasteiger partial charge in [0, 0.05) is 13.1 Å². The molecule has 1 amide bonds. The zero-order chi connectivity index (χ0) is 26.7. The number of nitrogens with one attached hydrogen (secondary N) is 1. The highest BCUT2D eigenvalue weighted by molar-refractivity contribution is 6.10. The van der Waals surface area contributed by atoms with Gasteiger partial charge in [-0.05, 0) is 36.2 Å². The van der Waals surface area contributed by atoms with E-state index in [0.717, 1.165) is 41.7 Å². The second-order valence-electron chi connectivity index (χ2n) is 10.0. The molecule has 0 bridgehead atoms. The third-order valence-electron chi connectivity index (χ3n) is 7.17. The molecule has 0 atom stereocenters. The van der Waals surface area contributed by atoms with Gasteiger partial charge >= 0.3 is 0 Å². The minimum atomic E-state index is -0.241. The summed E-state index contributed by atoms with van der Waals surface area (Å²) in [6.45, 7) is 3.36. The number of aromatic nitrogens is 3. The standard InChI is InChI=1S/C31H41N5O2/c1-3-4-5-6-7-8-9-10-11-14-21-36-29(32)27(28-30(36)35-26-16-13-12-15-25(26)34-28)31(37)33-22-23-17-19-24(38-2)20-18-23/h12-13,15-20H,3-11,14,21-22,32H2,1-2H3,(H,33,37). The third kappa shape index (κ3) is 6.82. The van der Waals surface area contributed by atoms with E-state index in [2.05, 4.69) is 12.2 Å². The topological polar surface area (TPSA) is 95.1 Å². The Morgan fingerprint density at radius 2 is 1.47 bits per heavy atom. The number of unbranched alkanes of at least 4 members (excludes halogenated alkanes) is 9. The molecule has 0 unspecified atom stereocenters. The summed E-state index contributed by atoms with van der Waals surface area (Å²) in [4.78, 5) is 23.1. The van der Waals surface area contributed by atoms with Gasteiger partial charge in [0.2, 0.25) is 0 Å². The van der Waals surface area contributed by atoms with E-state index >= 15 is 0 Å². The predicted molar refractivity (Wildman–Crippen MR) is 155 cm³/mol. The van der Waals surface area contributed by atoms with Gasteiger partial charge in [0.15, 0.2) is 5.65 Å². The van der Waals surface area contributed by atoms with Crippen LogP contribution in [0.15, 0.2) is 48.5 Å². The molecule has 2 aromatic heterocycles. The highest BCUT2D eigenvalue weighted by Crippen LogP contribution is 2.28. The van der Waals surface area contributed by atoms with Gasteiger partial charge in [-0.25, -0.2) is 9.97 Å². The first-order valence-corrected chi connectivity index (χ1v) is 14.1. The van der Waals surface area contributed by atoms with E-state index in [1.54, 1.807) is 7.11 Å². The molecule has 4 aromatic rings. The molecular weight excluding hydrogens is 474 g/mol. The molecule has 7 nitrogen and oxygen atoms in total. The van der Waals surface area contributed by atoms with Crippen molar-refractivity contribution in [1.29, 1.82) is 0 Å². The van der Waals surface area contributed by atoms with Crippen molar-refractivity contribution in [3.63, 3.8) is 0 Å². The largest absolute Gasteiger partial charge is 0.497 e. The molecular formula is C31H41N5O2. The van der Waals surface area contributed by atoms with Gasteiger partial charge in [0.25, 0.3) is 5.91 Å². The number of rotatable bonds is 15. The second kappa shape index (κ2) is 13.8. The van der Waals surface area contributed by atoms with Gasteiger partial charge in [0.05, 0.1) is 18.1 Å². The predicted octanol–water partition coefficient (Wildman–Crippen LogP) is 7.03. The molecule has 7 heteroatoms. The molecule has 38 heavy (non-hydrogen) atoms. The van der Waals surface area contributed by atoms with Crippen LogP contribution in [0.4, 0.5) is 5.82 Å². The summed E-state index contributed by atoms with van der Waals surface area (Å²) in [5.41, 5.74) is 10.8. The second-order valence-corrected chi connectivity index (χ2v) is 10.0. The van der Waals surface area contributed by atoms with Crippen molar-refractivity contribution in [3.05, 3.63) is 59.7 Å². The van der Waals surface area contributed by atoms with Gasteiger partial charge in [0.1, 0.15) is 22.6 Å². The summed E-state index contributed by atoms with van der Waals surface area (Å²) in [5.74, 6) is 0.967. The molecule has 0 aliphatic carbocycles. The number of anilines is 1. The summed E-state index contributed by atoms with van der Waals surface area (Å²) in [5, 5.41) is 3.01. The minimum absolute atomic E-state index is 0.241. The Balaban J connectivity index is 1.45. The van der Waals surface area contributed by atoms with E-state index in [1.165, 1.54) is 51.4 Å². The van der Waals surface area contributed by atoms with E-state index in [-0.39, 0.29) is 5.91 Å². The fraction of sp³-hybridized carbons (Fsp3) is 0.452. The lowest BCUT2D eigenvalue weighted by atomic mass is 10.1. The molecule has 0 spiro atoms. The molecule has 2 aromatic carbocycles. The van der Waals surface area contributed by atoms with E-state index in [9.17, 15) is 4.79 Å². The van der Waals surface area contributed by atoms with Crippen molar-refractivity contribution >= 4 is 33.9 Å². The molecule has 4 rings (SSSR count). The van der Waals surface area contributed by atoms with Crippen LogP contribution in [0, 0.1) is 0 Å². The Hall–Kier alpha value is -3.61. The monoisotopic (exact) mass is 515 g/mol. The Bertz CT molecular complexity index is 1330. The number of fused-ring (bicyclic) bond motifs is 2. The first-order chi connectivity index (χ1) is 18.6. The molecule has 0 saturated carbocycles. The number of nitrogen functional groups attached to an aromatic ring is 1. The van der Waals surface area contributed by atoms with Crippen LogP contribution in [0.1, 0.15) is 87.1 Å². The lowest BCUT2D eigenvalue weighted by molar-refractivity contribution is 0.0953. The third-order valence-corrected chi connectivity index (χ3v) is 7.17. The fourth-order valence-corrected chi connectivity index (χ4v) is 4.94. The number of hydrogen-bond acceptors (Lipinski definition) is 5. The number of ether oxygens (including phenoxy) is 1. The first-order valence-electron chi connectivity index (χ1n) is 14.1. The van der Waals surface area contributed by atoms with Crippen LogP contribution >= 0.6 is 0 Å². The fourth-order valence-electron chi connectivity index (χ4n) is 4.94. The number of amides is 1. The summed E-state index contributed by atoms with van der Waals surface area (Å²) in [6.07, 6.45) is 12.6. The number of carbonyl (C=O) groups is 1. The van der Waals surface area contributed by atoms with Crippen LogP contribution < -0.4 is 15.8 Å². The molecule has 0 aliphatic rings. The number of carbonyl (C=O) groups excluding carboxylic acids is 1. The minimum Gasteiger partial charge on any atom is -0.497 e. The number of nitrogens with two attached hydrogens (primary N) is 1. The summed E-state index contributed by atoms with van der Waals surface area (Å²) in [6, 6.07) is 15.4. The Morgan fingerprint density at radius 1 is 0.868 bits per heavy atom. The SMILES string of the molecule is CCCCCCCCCCCCn1c(N)c(C(=O)NCc2ccc(OC)cc2)c2nc3ccccc3nc21. The van der Waals surface area contributed by atoms with Crippen molar-refractivity contribution in [1.82, 2.24) is 19.9 Å². The maximum atomic E-state index is 13.4. The lowest BCUT2D eigenvalue weighted by Crippen LogP contribution is -2.24. The van der Waals surface area contributed by atoms with Gasteiger partial charge in [-0.1, -0.05) is 89.0 Å². The van der Waals surface area contributed by atoms with Crippen LogP contribution in [0.2, 0.25) is 0 Å². The quantitative estimate of drug-likeness (QED) is 0.166. The van der Waals surface area contributed by atoms with Crippen LogP contribution in [0.5, 0.6) is 5.75 Å². The Morgan fingerprint density at radius 3 is 2.11 bits per heavy atom. The molecule has 202 valence electrons. The normalized spacial score (nSPS) is 11.3. The Labute approximate surface area is 225 Å². The highest BCUT2D eigenvalue weighted by Gasteiger charge is 2.23. The maximum Gasteiger partial charge on any atom is 0.257 e. The van der Waals surface area contributed by atoms with Crippen LogP contribution in [-0.2, 0) is 13.1 Å². The number of benzene rings is 2. The molecule has 0 saturated heterocycles. The van der Waals surface area contributed by atoms with Crippen molar-refractivity contribution in [2.24, 2.45) is 0 Å². The first kappa shape index (κ1) is 27.4. The molecule has 0 aliphatic heterocycles. The van der Waals surface area contributed by atoms with E-state index < -0.39 is 0 Å². The molecule has 0 fully saturated rings. The van der Waals surface area contributed by atoms with Crippen LogP contribution in [0.25, 0.3) is 22.2 Å². The number of nitrogens with zero attached hydrogens (tertiary/aromatic N) is 3. The van der Waals surface area contributed by atoms with Crippen molar-refractivity contribution in [2.75, 3.05) is 12.8 Å². The van der Waals surface area contributed by atoms with Crippen LogP contribution in [0.3, 0.4) is 0 Å². The van der Waals surface area contributed by atoms with Crippen molar-refractivity contribution in [3.8, 4) is 5.75 Å². The lowest BCUT2D eigenvalue weighted by Gasteiger charge is -2.09. The molecule has 2 heterocycles. The number of para-hydroxylation sites is 2. The average molecular weight is 516 g/mol. The summed E-state index contributed by atoms with van der Waals surface area (Å²) >= 11 is 0. The Kier molecular flexibility index (Phi) is 9.96. The van der Waals surface area contributed by atoms with Gasteiger partial charge in [-0.3, -0.25) is 4.79 Å². The van der Waals surface area contributed by atoms with Gasteiger partial charge < -0.3 is 20.4 Å². The summed E-state index contributed by atoms with van der Waals surface area (Å²) < 4.78 is 7.20. The van der Waals surface area contributed by atoms with Gasteiger partial charge in [-0.2, -0.15) is 0 Å². The van der Waals surface area contributed by atoms with E-state index in [0.29, 0.717) is 29.1 Å². The highest BCUT2D eigenvalue weighted by atomic mass is 16.5. The molecule has 0 radical (unpaired) electrons. The average Bonchev–Trinajstić information content (AvgIpc) is 3.21. The van der Waals surface area contributed by atoms with Crippen molar-refractivity contribution in [2.45, 2.75) is 84.2 Å². The number of aryl methyl sites for hydroxylation is 1. The summed E-state index contributed by atoms with van der Waals surface area (Å²) in [7, 11) is 1.63. The maximum absolute atomic E-state index is 13.4. The molecule has 3 N–H and O–H groups in total. The van der Waals surface area contributed by atoms with E-state index in [4.69, 9.17) is 20.4 Å². The van der Waals surface area contributed by atoms with E-state index in [1.807, 2.05) is 53.1 Å².